The topological polar surface area (TPSA) is 62.7 Å². The van der Waals surface area contributed by atoms with E-state index < -0.39 is 0 Å². The van der Waals surface area contributed by atoms with E-state index >= 15 is 0 Å². The molecule has 0 unspecified atom stereocenters. The van der Waals surface area contributed by atoms with Crippen LogP contribution in [0.4, 0.5) is 0 Å². The summed E-state index contributed by atoms with van der Waals surface area (Å²) in [6.45, 7) is 6.33. The number of thiophene rings is 1. The Morgan fingerprint density at radius 1 is 1.55 bits per heavy atom. The van der Waals surface area contributed by atoms with Crippen molar-refractivity contribution in [3.8, 4) is 10.7 Å². The van der Waals surface area contributed by atoms with Crippen molar-refractivity contribution in [2.24, 2.45) is 5.92 Å². The fourth-order valence-corrected chi connectivity index (χ4v) is 2.59. The highest BCUT2D eigenvalue weighted by atomic mass is 32.1. The van der Waals surface area contributed by atoms with Gasteiger partial charge in [-0.05, 0) is 36.5 Å². The second-order valence-corrected chi connectivity index (χ2v) is 6.35. The molecule has 5 nitrogen and oxygen atoms in total. The minimum Gasteiger partial charge on any atom is -0.352 e. The fraction of sp³-hybridized carbons (Fsp3) is 0.462. The van der Waals surface area contributed by atoms with Gasteiger partial charge < -0.3 is 5.32 Å². The maximum atomic E-state index is 12.1. The highest BCUT2D eigenvalue weighted by Crippen LogP contribution is 2.22. The Hall–Kier alpha value is -1.47. The zero-order chi connectivity index (χ0) is 14.7. The lowest BCUT2D eigenvalue weighted by Crippen LogP contribution is -2.38. The second kappa shape index (κ2) is 6.32. The summed E-state index contributed by atoms with van der Waals surface area (Å²) >= 11 is 6.77. The number of amides is 1. The first kappa shape index (κ1) is 14.9. The van der Waals surface area contributed by atoms with Gasteiger partial charge in [-0.25, -0.2) is 0 Å². The Balaban J connectivity index is 2.16. The number of aromatic amines is 1. The van der Waals surface area contributed by atoms with Crippen LogP contribution in [0.15, 0.2) is 17.5 Å². The smallest absolute Gasteiger partial charge is 0.240 e. The second-order valence-electron chi connectivity index (χ2n) is 5.02. The fourth-order valence-electron chi connectivity index (χ4n) is 1.67. The van der Waals surface area contributed by atoms with Gasteiger partial charge in [0.1, 0.15) is 6.54 Å². The first-order chi connectivity index (χ1) is 9.49. The highest BCUT2D eigenvalue weighted by Gasteiger charge is 2.15. The van der Waals surface area contributed by atoms with Crippen molar-refractivity contribution in [1.82, 2.24) is 20.1 Å². The van der Waals surface area contributed by atoms with Crippen molar-refractivity contribution in [1.29, 1.82) is 0 Å². The van der Waals surface area contributed by atoms with Crippen molar-refractivity contribution in [2.75, 3.05) is 0 Å². The number of nitrogens with one attached hydrogen (secondary N) is 2. The maximum Gasteiger partial charge on any atom is 0.240 e. The number of aromatic nitrogens is 3. The zero-order valence-electron chi connectivity index (χ0n) is 11.7. The predicted octanol–water partition coefficient (Wildman–Crippen LogP) is 2.83. The Morgan fingerprint density at radius 2 is 2.30 bits per heavy atom. The van der Waals surface area contributed by atoms with E-state index in [0.29, 0.717) is 16.5 Å². The summed E-state index contributed by atoms with van der Waals surface area (Å²) in [6.07, 6.45) is 0. The van der Waals surface area contributed by atoms with Crippen molar-refractivity contribution in [3.05, 3.63) is 22.3 Å². The number of nitrogens with zero attached hydrogens (tertiary/aromatic N) is 2. The number of rotatable bonds is 5. The molecule has 0 aliphatic rings. The van der Waals surface area contributed by atoms with Gasteiger partial charge >= 0.3 is 0 Å². The van der Waals surface area contributed by atoms with Gasteiger partial charge in [0.05, 0.1) is 4.88 Å². The van der Waals surface area contributed by atoms with Crippen molar-refractivity contribution in [2.45, 2.75) is 33.4 Å². The Labute approximate surface area is 127 Å². The van der Waals surface area contributed by atoms with Crippen molar-refractivity contribution >= 4 is 29.5 Å². The summed E-state index contributed by atoms with van der Waals surface area (Å²) < 4.78 is 2.18. The summed E-state index contributed by atoms with van der Waals surface area (Å²) in [5.41, 5.74) is 0. The number of carbonyl (C=O) groups excluding carboxylic acids is 1. The van der Waals surface area contributed by atoms with Crippen LogP contribution in [0.1, 0.15) is 20.8 Å². The van der Waals surface area contributed by atoms with Gasteiger partial charge in [-0.3, -0.25) is 14.5 Å². The van der Waals surface area contributed by atoms with Crippen LogP contribution in [0.5, 0.6) is 0 Å². The van der Waals surface area contributed by atoms with Gasteiger partial charge in [-0.15, -0.1) is 11.3 Å². The largest absolute Gasteiger partial charge is 0.352 e. The van der Waals surface area contributed by atoms with Crippen LogP contribution in [0.3, 0.4) is 0 Å². The molecule has 0 saturated carbocycles. The van der Waals surface area contributed by atoms with E-state index in [0.717, 1.165) is 4.88 Å². The van der Waals surface area contributed by atoms with Crippen LogP contribution in [0, 0.1) is 10.7 Å². The molecule has 0 aliphatic carbocycles. The number of hydrogen-bond donors (Lipinski definition) is 2. The minimum atomic E-state index is -0.0542. The van der Waals surface area contributed by atoms with E-state index in [4.69, 9.17) is 12.2 Å². The van der Waals surface area contributed by atoms with Crippen LogP contribution in [-0.4, -0.2) is 26.7 Å². The molecular weight excluding hydrogens is 292 g/mol. The first-order valence-electron chi connectivity index (χ1n) is 6.47. The highest BCUT2D eigenvalue weighted by molar-refractivity contribution is 7.71. The molecule has 1 amide bonds. The van der Waals surface area contributed by atoms with E-state index in [1.165, 1.54) is 0 Å². The lowest BCUT2D eigenvalue weighted by Gasteiger charge is -2.17. The number of carbonyl (C=O) groups is 1. The molecule has 0 aromatic carbocycles. The molecule has 0 bridgehead atoms. The SMILES string of the molecule is CC(C)[C@H](C)NC(=O)Cn1c(-c2cccs2)n[nH]c1=S. The van der Waals surface area contributed by atoms with Gasteiger partial charge in [0.15, 0.2) is 10.6 Å². The van der Waals surface area contributed by atoms with E-state index in [9.17, 15) is 4.79 Å². The molecular formula is C13H18N4OS2. The normalized spacial score (nSPS) is 12.6. The summed E-state index contributed by atoms with van der Waals surface area (Å²) in [5.74, 6) is 1.05. The lowest BCUT2D eigenvalue weighted by molar-refractivity contribution is -0.122. The number of H-pyrrole nitrogens is 1. The van der Waals surface area contributed by atoms with Crippen LogP contribution >= 0.6 is 23.6 Å². The van der Waals surface area contributed by atoms with Gasteiger partial charge in [0.25, 0.3) is 0 Å². The van der Waals surface area contributed by atoms with Crippen LogP contribution < -0.4 is 5.32 Å². The molecule has 0 spiro atoms. The molecule has 2 N–H and O–H groups in total. The molecule has 2 aromatic heterocycles. The van der Waals surface area contributed by atoms with E-state index in [1.54, 1.807) is 15.9 Å². The molecule has 108 valence electrons. The van der Waals surface area contributed by atoms with Crippen LogP contribution in [0.25, 0.3) is 10.7 Å². The van der Waals surface area contributed by atoms with E-state index in [2.05, 4.69) is 29.4 Å². The monoisotopic (exact) mass is 310 g/mol. The molecule has 1 atom stereocenters. The average molecular weight is 310 g/mol. The van der Waals surface area contributed by atoms with Crippen molar-refractivity contribution < 1.29 is 4.79 Å². The minimum absolute atomic E-state index is 0.0542. The first-order valence-corrected chi connectivity index (χ1v) is 7.76. The van der Waals surface area contributed by atoms with Gasteiger partial charge in [-0.1, -0.05) is 19.9 Å². The Morgan fingerprint density at radius 3 is 2.90 bits per heavy atom. The van der Waals surface area contributed by atoms with Gasteiger partial charge in [0.2, 0.25) is 5.91 Å². The molecule has 20 heavy (non-hydrogen) atoms. The van der Waals surface area contributed by atoms with Crippen LogP contribution in [0.2, 0.25) is 0 Å². The van der Waals surface area contributed by atoms with E-state index in [-0.39, 0.29) is 18.5 Å². The van der Waals surface area contributed by atoms with Gasteiger partial charge in [-0.2, -0.15) is 5.10 Å². The Kier molecular flexibility index (Phi) is 4.72. The summed E-state index contributed by atoms with van der Waals surface area (Å²) in [7, 11) is 0. The maximum absolute atomic E-state index is 12.1. The third-order valence-corrected chi connectivity index (χ3v) is 4.37. The lowest BCUT2D eigenvalue weighted by atomic mass is 10.1. The van der Waals surface area contributed by atoms with E-state index in [1.807, 2.05) is 24.4 Å². The third-order valence-electron chi connectivity index (χ3n) is 3.19. The molecule has 2 aromatic rings. The molecule has 0 saturated heterocycles. The van der Waals surface area contributed by atoms with Gasteiger partial charge in [0, 0.05) is 6.04 Å². The summed E-state index contributed by atoms with van der Waals surface area (Å²) in [6, 6.07) is 4.04. The molecule has 0 fully saturated rings. The van der Waals surface area contributed by atoms with Crippen molar-refractivity contribution in [3.63, 3.8) is 0 Å². The summed E-state index contributed by atoms with van der Waals surface area (Å²) in [5, 5.41) is 11.9. The summed E-state index contributed by atoms with van der Waals surface area (Å²) in [4.78, 5) is 13.1. The standard InChI is InChI=1S/C13H18N4OS2/c1-8(2)9(3)14-11(18)7-17-12(15-16-13(17)19)10-5-4-6-20-10/h4-6,8-9H,7H2,1-3H3,(H,14,18)(H,16,19)/t9-/m0/s1. The predicted molar refractivity (Wildman–Crippen MR) is 83.2 cm³/mol. The molecule has 7 heteroatoms. The average Bonchev–Trinajstić information content (AvgIpc) is 3.00. The molecule has 2 rings (SSSR count). The molecule has 0 radical (unpaired) electrons. The molecule has 0 aliphatic heterocycles. The Bertz CT molecular complexity index is 627. The zero-order valence-corrected chi connectivity index (χ0v) is 13.3. The third kappa shape index (κ3) is 3.34. The van der Waals surface area contributed by atoms with Crippen LogP contribution in [-0.2, 0) is 11.3 Å². The number of hydrogen-bond acceptors (Lipinski definition) is 4. The quantitative estimate of drug-likeness (QED) is 0.835. The molecule has 2 heterocycles.